The fraction of sp³-hybridized carbons (Fsp3) is 0.541. The highest BCUT2D eigenvalue weighted by atomic mass is 31.2. The quantitative estimate of drug-likeness (QED) is 0.0702. The van der Waals surface area contributed by atoms with E-state index in [1.807, 2.05) is 0 Å². The number of ether oxygens (including phenoxy) is 5. The molecule has 2 saturated heterocycles. The molecule has 5 rings (SSSR count). The second-order valence-corrected chi connectivity index (χ2v) is 15.9. The van der Waals surface area contributed by atoms with E-state index in [0.717, 1.165) is 0 Å². The van der Waals surface area contributed by atoms with Crippen LogP contribution in [0, 0.1) is 23.2 Å². The minimum Gasteiger partial charge on any atom is -0.461 e. The molecule has 0 unspecified atom stereocenters. The summed E-state index contributed by atoms with van der Waals surface area (Å²) in [5.41, 5.74) is -1.53. The summed E-state index contributed by atoms with van der Waals surface area (Å²) < 4.78 is 57.3. The average Bonchev–Trinajstić information content (AvgIpc) is 3.73. The van der Waals surface area contributed by atoms with Crippen LogP contribution in [0.1, 0.15) is 59.3 Å². The van der Waals surface area contributed by atoms with Gasteiger partial charge in [0, 0.05) is 26.9 Å². The Morgan fingerprint density at radius 1 is 1.04 bits per heavy atom. The molecule has 0 amide bonds. The van der Waals surface area contributed by atoms with Crippen LogP contribution in [0.4, 0.5) is 5.82 Å². The predicted molar refractivity (Wildman–Crippen MR) is 200 cm³/mol. The molecule has 1 aromatic carbocycles. The number of rotatable bonds is 16. The van der Waals surface area contributed by atoms with Crippen LogP contribution in [-0.4, -0.2) is 108 Å². The lowest BCUT2D eigenvalue weighted by molar-refractivity contribution is -0.173. The largest absolute Gasteiger partial charge is 0.461 e. The van der Waals surface area contributed by atoms with Gasteiger partial charge in [-0.1, -0.05) is 45.9 Å². The lowest BCUT2D eigenvalue weighted by atomic mass is 9.95. The molecule has 2 aliphatic rings. The molecule has 0 spiro atoms. The Labute approximate surface area is 325 Å². The molecular weight excluding hydrogens is 749 g/mol. The standard InChI is InChI=1S/C37H48N7O11P/c1-23(2)34(45)52-31-30(28-13-14-29-33(40-22-43(6)7)39-21-41-44(28)29)54-37(19-38,32(31)53-35(46)24(3)4)20-50-56(48,55-27-11-9-8-10-12-27)42-25(5)36(47)51-26-15-17-49-18-16-26/h8-14,21-26,30-32H,15-18,20H2,1-7H3,(H,42,48)/b40-22+/t25-,30-,31-,32-,37+,56-/m0/s1. The molecular formula is C37H48N7O11P. The number of carbonyl (C=O) groups excluding carboxylic acids is 3. The van der Waals surface area contributed by atoms with Crippen molar-refractivity contribution in [3.05, 3.63) is 54.5 Å². The van der Waals surface area contributed by atoms with Gasteiger partial charge < -0.3 is 33.1 Å². The molecule has 302 valence electrons. The number of para-hydroxylation sites is 1. The number of hydrogen-bond acceptors (Lipinski definition) is 15. The fourth-order valence-electron chi connectivity index (χ4n) is 5.74. The van der Waals surface area contributed by atoms with Gasteiger partial charge >= 0.3 is 25.7 Å². The van der Waals surface area contributed by atoms with Gasteiger partial charge in [-0.05, 0) is 31.2 Å². The third-order valence-electron chi connectivity index (χ3n) is 8.76. The summed E-state index contributed by atoms with van der Waals surface area (Å²) in [6, 6.07) is 12.2. The van der Waals surface area contributed by atoms with Crippen LogP contribution < -0.4 is 9.61 Å². The highest BCUT2D eigenvalue weighted by Gasteiger charge is 2.62. The first-order valence-electron chi connectivity index (χ1n) is 18.2. The Morgan fingerprint density at radius 2 is 1.71 bits per heavy atom. The van der Waals surface area contributed by atoms with E-state index in [4.69, 9.17) is 32.7 Å². The first kappa shape index (κ1) is 42.2. The lowest BCUT2D eigenvalue weighted by Gasteiger charge is -2.31. The first-order valence-corrected chi connectivity index (χ1v) is 19.8. The molecule has 1 N–H and O–H groups in total. The highest BCUT2D eigenvalue weighted by Crippen LogP contribution is 2.50. The van der Waals surface area contributed by atoms with Crippen molar-refractivity contribution in [2.45, 2.75) is 83.5 Å². The van der Waals surface area contributed by atoms with Crippen LogP contribution in [0.25, 0.3) is 5.52 Å². The maximum absolute atomic E-state index is 14.6. The predicted octanol–water partition coefficient (Wildman–Crippen LogP) is 4.32. The number of benzene rings is 1. The van der Waals surface area contributed by atoms with Crippen LogP contribution in [0.3, 0.4) is 0 Å². The summed E-state index contributed by atoms with van der Waals surface area (Å²) in [4.78, 5) is 50.2. The van der Waals surface area contributed by atoms with Crippen LogP contribution in [-0.2, 0) is 47.2 Å². The van der Waals surface area contributed by atoms with Gasteiger partial charge in [-0.2, -0.15) is 15.4 Å². The molecule has 2 aliphatic heterocycles. The fourth-order valence-corrected chi connectivity index (χ4v) is 7.26. The van der Waals surface area contributed by atoms with Gasteiger partial charge in [-0.15, -0.1) is 0 Å². The number of nitriles is 1. The topological polar surface area (TPSA) is 214 Å². The zero-order valence-electron chi connectivity index (χ0n) is 32.4. The van der Waals surface area contributed by atoms with Gasteiger partial charge in [0.1, 0.15) is 48.5 Å². The SMILES string of the molecule is CC(C)C(=O)O[C@H]1[C@H](c2ccc3c(/N=C/N(C)C)ncnn23)O[C@](C#N)(CO[P@@](=O)(N[C@@H](C)C(=O)OC2CCOCC2)Oc2ccccc2)[C@H]1OC(=O)C(C)C. The van der Waals surface area contributed by atoms with Gasteiger partial charge in [0.05, 0.1) is 37.1 Å². The van der Waals surface area contributed by atoms with E-state index in [1.54, 1.807) is 83.4 Å². The summed E-state index contributed by atoms with van der Waals surface area (Å²) in [6.07, 6.45) is -0.922. The zero-order valence-corrected chi connectivity index (χ0v) is 33.3. The van der Waals surface area contributed by atoms with Crippen LogP contribution in [0.2, 0.25) is 0 Å². The Morgan fingerprint density at radius 3 is 2.36 bits per heavy atom. The third-order valence-corrected chi connectivity index (χ3v) is 10.4. The molecule has 18 nitrogen and oxygen atoms in total. The highest BCUT2D eigenvalue weighted by molar-refractivity contribution is 7.52. The van der Waals surface area contributed by atoms with E-state index in [-0.39, 0.29) is 5.75 Å². The normalized spacial score (nSPS) is 23.1. The van der Waals surface area contributed by atoms with E-state index in [9.17, 15) is 24.2 Å². The van der Waals surface area contributed by atoms with E-state index >= 15 is 0 Å². The van der Waals surface area contributed by atoms with Gasteiger partial charge in [-0.3, -0.25) is 18.9 Å². The van der Waals surface area contributed by atoms with Crippen molar-refractivity contribution in [3.63, 3.8) is 0 Å². The van der Waals surface area contributed by atoms with E-state index in [2.05, 4.69) is 26.2 Å². The second kappa shape index (κ2) is 18.4. The molecule has 0 radical (unpaired) electrons. The monoisotopic (exact) mass is 797 g/mol. The molecule has 56 heavy (non-hydrogen) atoms. The molecule has 4 heterocycles. The number of nitrogens with one attached hydrogen (secondary N) is 1. The second-order valence-electron chi connectivity index (χ2n) is 14.2. The van der Waals surface area contributed by atoms with Gasteiger partial charge in [0.15, 0.2) is 18.0 Å². The maximum atomic E-state index is 14.6. The number of aromatic nitrogens is 3. The van der Waals surface area contributed by atoms with Gasteiger partial charge in [0.25, 0.3) is 0 Å². The van der Waals surface area contributed by atoms with Crippen LogP contribution >= 0.6 is 7.75 Å². The van der Waals surface area contributed by atoms with Crippen molar-refractivity contribution in [2.24, 2.45) is 16.8 Å². The van der Waals surface area contributed by atoms with Crippen molar-refractivity contribution < 1.29 is 51.7 Å². The molecule has 0 aliphatic carbocycles. The maximum Gasteiger partial charge on any atom is 0.459 e. The summed E-state index contributed by atoms with van der Waals surface area (Å²) in [6.45, 7) is 7.86. The Hall–Kier alpha value is -4.92. The molecule has 0 saturated carbocycles. The van der Waals surface area contributed by atoms with Crippen LogP contribution in [0.5, 0.6) is 5.75 Å². The number of nitrogens with zero attached hydrogens (tertiary/aromatic N) is 6. The Balaban J connectivity index is 1.54. The number of hydrogen-bond donors (Lipinski definition) is 1. The van der Waals surface area contributed by atoms with Crippen LogP contribution in [0.15, 0.2) is 53.8 Å². The average molecular weight is 798 g/mol. The molecule has 2 aromatic heterocycles. The lowest BCUT2D eigenvalue weighted by Crippen LogP contribution is -2.50. The van der Waals surface area contributed by atoms with Crippen molar-refractivity contribution in [1.29, 1.82) is 5.26 Å². The smallest absolute Gasteiger partial charge is 0.459 e. The number of aliphatic imine (C=N–C) groups is 1. The zero-order chi connectivity index (χ0) is 40.6. The summed E-state index contributed by atoms with van der Waals surface area (Å²) >= 11 is 0. The Bertz CT molecular complexity index is 1960. The Kier molecular flexibility index (Phi) is 13.8. The van der Waals surface area contributed by atoms with Crippen molar-refractivity contribution in [2.75, 3.05) is 33.9 Å². The molecule has 3 aromatic rings. The van der Waals surface area contributed by atoms with E-state index < -0.39 is 80.2 Å². The summed E-state index contributed by atoms with van der Waals surface area (Å²) in [7, 11) is -1.00. The van der Waals surface area contributed by atoms with Gasteiger partial charge in [-0.25, -0.2) is 19.1 Å². The van der Waals surface area contributed by atoms with Gasteiger partial charge in [0.2, 0.25) is 5.60 Å². The number of fused-ring (bicyclic) bond motifs is 1. The first-order chi connectivity index (χ1) is 26.6. The molecule has 19 heteroatoms. The third kappa shape index (κ3) is 10.1. The minimum atomic E-state index is -4.60. The van der Waals surface area contributed by atoms with E-state index in [1.165, 1.54) is 29.9 Å². The molecule has 0 bridgehead atoms. The summed E-state index contributed by atoms with van der Waals surface area (Å²) in [5.74, 6) is -3.02. The van der Waals surface area contributed by atoms with E-state index in [0.29, 0.717) is 43.1 Å². The van der Waals surface area contributed by atoms with Crippen molar-refractivity contribution >= 4 is 43.3 Å². The summed E-state index contributed by atoms with van der Waals surface area (Å²) in [5, 5.41) is 18.0. The number of carbonyl (C=O) groups is 3. The minimum absolute atomic E-state index is 0.114. The van der Waals surface area contributed by atoms with Crippen molar-refractivity contribution in [1.82, 2.24) is 24.6 Å². The number of esters is 3. The molecule has 6 atom stereocenters. The molecule has 2 fully saturated rings. The van der Waals surface area contributed by atoms with Crippen molar-refractivity contribution in [3.8, 4) is 11.8 Å².